The Morgan fingerprint density at radius 1 is 0.773 bits per heavy atom. The fourth-order valence-electron chi connectivity index (χ4n) is 7.36. The largest absolute Gasteiger partial charge is 0.493 e. The minimum atomic E-state index is -0.342. The van der Waals surface area contributed by atoms with E-state index in [-0.39, 0.29) is 35.3 Å². The summed E-state index contributed by atoms with van der Waals surface area (Å²) in [5.41, 5.74) is 10.6. The molecule has 2 amide bonds. The number of hydrogen-bond donors (Lipinski definition) is 1. The van der Waals surface area contributed by atoms with Crippen molar-refractivity contribution in [2.75, 3.05) is 12.8 Å². The molecule has 3 aromatic carbocycles. The summed E-state index contributed by atoms with van der Waals surface area (Å²) in [5, 5.41) is 0. The van der Waals surface area contributed by atoms with Crippen LogP contribution in [0.3, 0.4) is 0 Å². The van der Waals surface area contributed by atoms with Gasteiger partial charge in [-0.15, -0.1) is 0 Å². The normalized spacial score (nSPS) is 21.8. The highest BCUT2D eigenvalue weighted by atomic mass is 16.5. The van der Waals surface area contributed by atoms with Gasteiger partial charge in [0.2, 0.25) is 5.95 Å². The first kappa shape index (κ1) is 28.1. The van der Waals surface area contributed by atoms with Crippen LogP contribution in [0.4, 0.5) is 5.95 Å². The molecule has 0 saturated heterocycles. The van der Waals surface area contributed by atoms with Crippen molar-refractivity contribution < 1.29 is 19.1 Å². The average Bonchev–Trinajstić information content (AvgIpc) is 3.67. The topological polar surface area (TPSA) is 108 Å². The summed E-state index contributed by atoms with van der Waals surface area (Å²) < 4.78 is 12.2. The maximum absolute atomic E-state index is 13.3. The van der Waals surface area contributed by atoms with Crippen molar-refractivity contribution in [3.8, 4) is 22.6 Å². The monoisotopic (exact) mass is 588 g/mol. The van der Waals surface area contributed by atoms with Gasteiger partial charge in [-0.25, -0.2) is 9.97 Å². The summed E-state index contributed by atoms with van der Waals surface area (Å²) in [5.74, 6) is 1.38. The van der Waals surface area contributed by atoms with Crippen LogP contribution >= 0.6 is 0 Å². The van der Waals surface area contributed by atoms with Crippen LogP contribution in [-0.4, -0.2) is 45.9 Å². The van der Waals surface area contributed by atoms with Crippen LogP contribution in [0.2, 0.25) is 0 Å². The Hall–Kier alpha value is -4.72. The van der Waals surface area contributed by atoms with Crippen LogP contribution in [0.15, 0.2) is 79.1 Å². The summed E-state index contributed by atoms with van der Waals surface area (Å²) in [6, 6.07) is 21.8. The van der Waals surface area contributed by atoms with Crippen LogP contribution in [-0.2, 0) is 5.41 Å². The predicted octanol–water partition coefficient (Wildman–Crippen LogP) is 6.58. The van der Waals surface area contributed by atoms with E-state index in [9.17, 15) is 9.59 Å². The number of nitrogens with zero attached hydrogens (tertiary/aromatic N) is 3. The van der Waals surface area contributed by atoms with E-state index in [2.05, 4.69) is 46.4 Å². The zero-order chi connectivity index (χ0) is 30.3. The summed E-state index contributed by atoms with van der Waals surface area (Å²) in [4.78, 5) is 36.5. The molecule has 0 spiro atoms. The second-order valence-electron chi connectivity index (χ2n) is 12.1. The van der Waals surface area contributed by atoms with Gasteiger partial charge < -0.3 is 15.2 Å². The van der Waals surface area contributed by atoms with E-state index in [1.54, 1.807) is 31.6 Å². The van der Waals surface area contributed by atoms with E-state index in [4.69, 9.17) is 15.2 Å². The van der Waals surface area contributed by atoms with Crippen molar-refractivity contribution in [3.63, 3.8) is 0 Å². The molecule has 0 radical (unpaired) electrons. The van der Waals surface area contributed by atoms with Gasteiger partial charge in [-0.3, -0.25) is 14.5 Å². The SMILES string of the molecule is COc1ccc(C2(c3ccc(-c4cnc(N)nc4)cc3)CCC(N3C(=O)c4ccccc4C3=O)CC2)cc1OC1CCCC1. The molecule has 3 aliphatic rings. The zero-order valence-electron chi connectivity index (χ0n) is 24.9. The van der Waals surface area contributed by atoms with E-state index in [0.29, 0.717) is 24.0 Å². The van der Waals surface area contributed by atoms with Crippen LogP contribution < -0.4 is 15.2 Å². The number of methoxy groups -OCH3 is 1. The lowest BCUT2D eigenvalue weighted by atomic mass is 9.64. The van der Waals surface area contributed by atoms with Gasteiger partial charge in [-0.05, 0) is 92.3 Å². The second-order valence-corrected chi connectivity index (χ2v) is 12.1. The molecule has 224 valence electrons. The number of aromatic nitrogens is 2. The highest BCUT2D eigenvalue weighted by Crippen LogP contribution is 2.49. The Morgan fingerprint density at radius 3 is 2.00 bits per heavy atom. The van der Waals surface area contributed by atoms with Crippen molar-refractivity contribution in [2.24, 2.45) is 0 Å². The van der Waals surface area contributed by atoms with Crippen LogP contribution in [0.1, 0.15) is 83.2 Å². The molecule has 1 aliphatic heterocycles. The molecule has 44 heavy (non-hydrogen) atoms. The lowest BCUT2D eigenvalue weighted by Gasteiger charge is -2.43. The molecule has 1 aromatic heterocycles. The highest BCUT2D eigenvalue weighted by molar-refractivity contribution is 6.21. The molecule has 2 aliphatic carbocycles. The van der Waals surface area contributed by atoms with E-state index in [1.807, 2.05) is 18.2 Å². The van der Waals surface area contributed by atoms with E-state index in [1.165, 1.54) is 23.3 Å². The molecule has 2 heterocycles. The van der Waals surface area contributed by atoms with Gasteiger partial charge in [0.1, 0.15) is 0 Å². The lowest BCUT2D eigenvalue weighted by molar-refractivity contribution is 0.0527. The molecule has 0 atom stereocenters. The highest BCUT2D eigenvalue weighted by Gasteiger charge is 2.45. The number of carbonyl (C=O) groups excluding carboxylic acids is 2. The van der Waals surface area contributed by atoms with Crippen LogP contribution in [0.5, 0.6) is 11.5 Å². The number of imide groups is 1. The van der Waals surface area contributed by atoms with Crippen LogP contribution in [0.25, 0.3) is 11.1 Å². The first-order chi connectivity index (χ1) is 21.5. The smallest absolute Gasteiger partial charge is 0.261 e. The molecule has 2 saturated carbocycles. The first-order valence-corrected chi connectivity index (χ1v) is 15.5. The van der Waals surface area contributed by atoms with Gasteiger partial charge in [-0.2, -0.15) is 0 Å². The number of benzene rings is 3. The third-order valence-corrected chi connectivity index (χ3v) is 9.75. The minimum absolute atomic E-state index is 0.158. The molecular weight excluding hydrogens is 552 g/mol. The number of hydrogen-bond acceptors (Lipinski definition) is 7. The summed E-state index contributed by atoms with van der Waals surface area (Å²) >= 11 is 0. The molecule has 8 heteroatoms. The fraction of sp³-hybridized carbons (Fsp3) is 0.333. The number of nitrogens with two attached hydrogens (primary N) is 1. The standard InChI is InChI=1S/C36H36N4O4/c1-43-31-15-14-26(20-32(31)44-28-6-2-3-7-28)36(25-12-10-23(11-13-25)24-21-38-35(37)39-22-24)18-16-27(17-19-36)40-33(41)29-8-4-5-9-30(29)34(40)42/h4-5,8-15,20-22,27-28H,2-3,6-7,16-19H2,1H3,(H2,37,38,39). The van der Waals surface area contributed by atoms with Gasteiger partial charge in [0.05, 0.1) is 24.3 Å². The Bertz CT molecular complexity index is 1650. The summed E-state index contributed by atoms with van der Waals surface area (Å²) in [6.07, 6.45) is 11.1. The van der Waals surface area contributed by atoms with Crippen molar-refractivity contribution in [1.29, 1.82) is 0 Å². The zero-order valence-corrected chi connectivity index (χ0v) is 24.9. The number of amides is 2. The van der Waals surface area contributed by atoms with Gasteiger partial charge in [0, 0.05) is 29.4 Å². The van der Waals surface area contributed by atoms with Crippen molar-refractivity contribution in [2.45, 2.75) is 68.9 Å². The van der Waals surface area contributed by atoms with Crippen molar-refractivity contribution >= 4 is 17.8 Å². The van der Waals surface area contributed by atoms with Gasteiger partial charge in [0.25, 0.3) is 11.8 Å². The van der Waals surface area contributed by atoms with E-state index in [0.717, 1.165) is 53.9 Å². The van der Waals surface area contributed by atoms with Crippen molar-refractivity contribution in [1.82, 2.24) is 14.9 Å². The van der Waals surface area contributed by atoms with Crippen molar-refractivity contribution in [3.05, 3.63) is 101 Å². The molecule has 7 rings (SSSR count). The average molecular weight is 589 g/mol. The second kappa shape index (κ2) is 11.4. The number of rotatable bonds is 7. The molecule has 8 nitrogen and oxygen atoms in total. The van der Waals surface area contributed by atoms with E-state index >= 15 is 0 Å². The Labute approximate surface area is 257 Å². The Kier molecular flexibility index (Phi) is 7.28. The lowest BCUT2D eigenvalue weighted by Crippen LogP contribution is -2.45. The third-order valence-electron chi connectivity index (χ3n) is 9.75. The molecular formula is C36H36N4O4. The van der Waals surface area contributed by atoms with E-state index < -0.39 is 0 Å². The Balaban J connectivity index is 1.23. The first-order valence-electron chi connectivity index (χ1n) is 15.5. The van der Waals surface area contributed by atoms with Gasteiger partial charge in [0.15, 0.2) is 11.5 Å². The molecule has 0 bridgehead atoms. The molecule has 4 aromatic rings. The number of ether oxygens (including phenoxy) is 2. The quantitative estimate of drug-likeness (QED) is 0.243. The number of fused-ring (bicyclic) bond motifs is 1. The molecule has 2 fully saturated rings. The number of nitrogen functional groups attached to an aromatic ring is 1. The van der Waals surface area contributed by atoms with Crippen LogP contribution in [0, 0.1) is 0 Å². The third kappa shape index (κ3) is 4.88. The molecule has 0 unspecified atom stereocenters. The fourth-order valence-corrected chi connectivity index (χ4v) is 7.36. The maximum atomic E-state index is 13.3. The number of anilines is 1. The summed E-state index contributed by atoms with van der Waals surface area (Å²) in [7, 11) is 1.68. The van der Waals surface area contributed by atoms with Gasteiger partial charge in [-0.1, -0.05) is 42.5 Å². The minimum Gasteiger partial charge on any atom is -0.493 e. The summed E-state index contributed by atoms with van der Waals surface area (Å²) in [6.45, 7) is 0. The maximum Gasteiger partial charge on any atom is 0.261 e. The predicted molar refractivity (Wildman–Crippen MR) is 168 cm³/mol. The van der Waals surface area contributed by atoms with Gasteiger partial charge >= 0.3 is 0 Å². The Morgan fingerprint density at radius 2 is 1.39 bits per heavy atom. The number of carbonyl (C=O) groups is 2. The molecule has 2 N–H and O–H groups in total.